The molecule has 1 unspecified atom stereocenters. The van der Waals surface area contributed by atoms with Crippen molar-refractivity contribution in [3.8, 4) is 0 Å². The Bertz CT molecular complexity index is 442. The molecule has 0 saturated carbocycles. The maximum atomic E-state index is 11.8. The van der Waals surface area contributed by atoms with Gasteiger partial charge in [0.1, 0.15) is 11.9 Å². The molecule has 0 aromatic carbocycles. The van der Waals surface area contributed by atoms with Gasteiger partial charge in [-0.1, -0.05) is 25.4 Å². The van der Waals surface area contributed by atoms with Gasteiger partial charge in [-0.05, 0) is 18.6 Å². The molecule has 1 aromatic heterocycles. The summed E-state index contributed by atoms with van der Waals surface area (Å²) in [5, 5.41) is 0.645. The van der Waals surface area contributed by atoms with Gasteiger partial charge in [0.05, 0.1) is 10.9 Å². The molecular weight excluding hydrogens is 276 g/mol. The molecule has 5 heteroatoms. The molecule has 110 valence electrons. The minimum absolute atomic E-state index is 0.00837. The number of pyridine rings is 1. The molecular formula is C15H21ClN2O2. The van der Waals surface area contributed by atoms with Gasteiger partial charge in [0.15, 0.2) is 0 Å². The largest absolute Gasteiger partial charge is 0.462 e. The summed E-state index contributed by atoms with van der Waals surface area (Å²) in [7, 11) is 0. The van der Waals surface area contributed by atoms with Crippen molar-refractivity contribution in [1.82, 2.24) is 4.98 Å². The van der Waals surface area contributed by atoms with E-state index >= 15 is 0 Å². The Hall–Kier alpha value is -1.29. The molecule has 4 nitrogen and oxygen atoms in total. The second kappa shape index (κ2) is 6.93. The smallest absolute Gasteiger partial charge is 0.308 e. The molecule has 20 heavy (non-hydrogen) atoms. The molecule has 1 aliphatic rings. The van der Waals surface area contributed by atoms with Crippen molar-refractivity contribution in [2.45, 2.75) is 39.2 Å². The summed E-state index contributed by atoms with van der Waals surface area (Å²) >= 11 is 5.84. The summed E-state index contributed by atoms with van der Waals surface area (Å²) in [5.41, 5.74) is 0. The number of anilines is 1. The topological polar surface area (TPSA) is 42.4 Å². The first kappa shape index (κ1) is 15.1. The molecule has 1 aromatic rings. The average molecular weight is 297 g/mol. The fourth-order valence-electron chi connectivity index (χ4n) is 2.20. The van der Waals surface area contributed by atoms with Crippen LogP contribution in [0.3, 0.4) is 0 Å². The number of ether oxygens (including phenoxy) is 1. The van der Waals surface area contributed by atoms with Crippen LogP contribution in [-0.4, -0.2) is 30.1 Å². The third-order valence-corrected chi connectivity index (χ3v) is 4.00. The number of hydrogen-bond acceptors (Lipinski definition) is 4. The van der Waals surface area contributed by atoms with Crippen molar-refractivity contribution < 1.29 is 9.53 Å². The number of halogens is 1. The van der Waals surface area contributed by atoms with E-state index in [9.17, 15) is 4.79 Å². The number of hydrogen-bond donors (Lipinski definition) is 0. The van der Waals surface area contributed by atoms with Crippen LogP contribution in [0.25, 0.3) is 0 Å². The summed E-state index contributed by atoms with van der Waals surface area (Å²) in [5.74, 6) is 0.850. The van der Waals surface area contributed by atoms with E-state index in [1.165, 1.54) is 0 Å². The Morgan fingerprint density at radius 2 is 2.20 bits per heavy atom. The molecule has 0 spiro atoms. The van der Waals surface area contributed by atoms with E-state index in [4.69, 9.17) is 16.3 Å². The van der Waals surface area contributed by atoms with E-state index in [1.807, 2.05) is 26.0 Å². The number of carbonyl (C=O) groups excluding carboxylic acids is 1. The molecule has 2 rings (SSSR count). The van der Waals surface area contributed by atoms with Gasteiger partial charge in [-0.2, -0.15) is 0 Å². The standard InChI is InChI=1S/C15H21ClN2O2/c1-3-11(2)15(19)20-13-6-8-18(9-7-13)14-5-4-12(16)10-17-14/h4-5,10-11,13H,3,6-9H2,1-2H3. The fraction of sp³-hybridized carbons (Fsp3) is 0.600. The zero-order valence-corrected chi connectivity index (χ0v) is 12.8. The summed E-state index contributed by atoms with van der Waals surface area (Å²) < 4.78 is 5.54. The summed E-state index contributed by atoms with van der Waals surface area (Å²) in [6.07, 6.45) is 4.23. The molecule has 0 N–H and O–H groups in total. The van der Waals surface area contributed by atoms with E-state index in [-0.39, 0.29) is 18.0 Å². The van der Waals surface area contributed by atoms with Crippen LogP contribution in [-0.2, 0) is 9.53 Å². The lowest BCUT2D eigenvalue weighted by atomic mass is 10.1. The van der Waals surface area contributed by atoms with Crippen LogP contribution >= 0.6 is 11.6 Å². The molecule has 1 atom stereocenters. The molecule has 1 saturated heterocycles. The average Bonchev–Trinajstić information content (AvgIpc) is 2.48. The van der Waals surface area contributed by atoms with E-state index in [1.54, 1.807) is 6.20 Å². The van der Waals surface area contributed by atoms with Crippen molar-refractivity contribution in [3.05, 3.63) is 23.4 Å². The quantitative estimate of drug-likeness (QED) is 0.800. The zero-order valence-electron chi connectivity index (χ0n) is 12.0. The highest BCUT2D eigenvalue weighted by molar-refractivity contribution is 6.30. The normalized spacial score (nSPS) is 17.9. The van der Waals surface area contributed by atoms with Crippen LogP contribution < -0.4 is 4.90 Å². The molecule has 0 bridgehead atoms. The molecule has 1 fully saturated rings. The van der Waals surface area contributed by atoms with Crippen molar-refractivity contribution in [3.63, 3.8) is 0 Å². The van der Waals surface area contributed by atoms with Gasteiger partial charge in [0.2, 0.25) is 0 Å². The maximum absolute atomic E-state index is 11.8. The summed E-state index contributed by atoms with van der Waals surface area (Å²) in [4.78, 5) is 18.3. The van der Waals surface area contributed by atoms with Gasteiger partial charge >= 0.3 is 5.97 Å². The number of aromatic nitrogens is 1. The van der Waals surface area contributed by atoms with Gasteiger partial charge in [0.25, 0.3) is 0 Å². The van der Waals surface area contributed by atoms with Crippen molar-refractivity contribution >= 4 is 23.4 Å². The van der Waals surface area contributed by atoms with Gasteiger partial charge in [-0.15, -0.1) is 0 Å². The first-order valence-corrected chi connectivity index (χ1v) is 7.55. The number of piperidine rings is 1. The van der Waals surface area contributed by atoms with E-state index in [0.717, 1.165) is 38.2 Å². The Kier molecular flexibility index (Phi) is 5.24. The number of esters is 1. The highest BCUT2D eigenvalue weighted by atomic mass is 35.5. The van der Waals surface area contributed by atoms with Crippen molar-refractivity contribution in [1.29, 1.82) is 0 Å². The lowest BCUT2D eigenvalue weighted by Gasteiger charge is -2.32. The lowest BCUT2D eigenvalue weighted by Crippen LogP contribution is -2.38. The fourth-order valence-corrected chi connectivity index (χ4v) is 2.32. The SMILES string of the molecule is CCC(C)C(=O)OC1CCN(c2ccc(Cl)cn2)CC1. The Labute approximate surface area is 125 Å². The first-order chi connectivity index (χ1) is 9.60. The van der Waals surface area contributed by atoms with Crippen LogP contribution in [0.2, 0.25) is 5.02 Å². The second-order valence-corrected chi connectivity index (χ2v) is 5.70. The van der Waals surface area contributed by atoms with Gasteiger partial charge < -0.3 is 9.64 Å². The van der Waals surface area contributed by atoms with E-state index < -0.39 is 0 Å². The minimum Gasteiger partial charge on any atom is -0.462 e. The van der Waals surface area contributed by atoms with Gasteiger partial charge in [-0.3, -0.25) is 4.79 Å². The monoisotopic (exact) mass is 296 g/mol. The number of nitrogens with zero attached hydrogens (tertiary/aromatic N) is 2. The van der Waals surface area contributed by atoms with Crippen LogP contribution in [0.4, 0.5) is 5.82 Å². The second-order valence-electron chi connectivity index (χ2n) is 5.27. The Morgan fingerprint density at radius 1 is 1.50 bits per heavy atom. The predicted octanol–water partition coefficient (Wildman–Crippen LogP) is 3.29. The van der Waals surface area contributed by atoms with Crippen molar-refractivity contribution in [2.75, 3.05) is 18.0 Å². The summed E-state index contributed by atoms with van der Waals surface area (Å²) in [6, 6.07) is 3.77. The summed E-state index contributed by atoms with van der Waals surface area (Å²) in [6.45, 7) is 5.62. The van der Waals surface area contributed by atoms with Crippen molar-refractivity contribution in [2.24, 2.45) is 5.92 Å². The molecule has 0 amide bonds. The molecule has 1 aliphatic heterocycles. The number of carbonyl (C=O) groups is 1. The minimum atomic E-state index is -0.0735. The van der Waals surface area contributed by atoms with Gasteiger partial charge in [0, 0.05) is 32.1 Å². The Balaban J connectivity index is 1.83. The molecule has 2 heterocycles. The molecule has 0 aliphatic carbocycles. The third kappa shape index (κ3) is 3.85. The highest BCUT2D eigenvalue weighted by Gasteiger charge is 2.24. The van der Waals surface area contributed by atoms with Crippen LogP contribution in [0.15, 0.2) is 18.3 Å². The van der Waals surface area contributed by atoms with Crippen LogP contribution in [0, 0.1) is 5.92 Å². The lowest BCUT2D eigenvalue weighted by molar-refractivity contribution is -0.154. The molecule has 0 radical (unpaired) electrons. The third-order valence-electron chi connectivity index (χ3n) is 3.78. The first-order valence-electron chi connectivity index (χ1n) is 7.17. The maximum Gasteiger partial charge on any atom is 0.308 e. The zero-order chi connectivity index (χ0) is 14.5. The Morgan fingerprint density at radius 3 is 2.75 bits per heavy atom. The van der Waals surface area contributed by atoms with E-state index in [2.05, 4.69) is 9.88 Å². The number of rotatable bonds is 4. The predicted molar refractivity (Wildman–Crippen MR) is 80.0 cm³/mol. The van der Waals surface area contributed by atoms with Crippen LogP contribution in [0.5, 0.6) is 0 Å². The van der Waals surface area contributed by atoms with Crippen LogP contribution in [0.1, 0.15) is 33.1 Å². The highest BCUT2D eigenvalue weighted by Crippen LogP contribution is 2.21. The van der Waals surface area contributed by atoms with Gasteiger partial charge in [-0.25, -0.2) is 4.98 Å². The van der Waals surface area contributed by atoms with E-state index in [0.29, 0.717) is 5.02 Å².